The van der Waals surface area contributed by atoms with Gasteiger partial charge in [0, 0.05) is 0 Å². The lowest BCUT2D eigenvalue weighted by Gasteiger charge is -2.10. The second-order valence-electron chi connectivity index (χ2n) is 3.41. The van der Waals surface area contributed by atoms with E-state index < -0.39 is 0 Å². The predicted molar refractivity (Wildman–Crippen MR) is 60.1 cm³/mol. The van der Waals surface area contributed by atoms with Crippen LogP contribution in [0.25, 0.3) is 0 Å². The highest BCUT2D eigenvalue weighted by Gasteiger charge is 1.99. The fraction of sp³-hybridized carbons (Fsp3) is 0.385. The summed E-state index contributed by atoms with van der Waals surface area (Å²) in [6.45, 7) is 4.84. The summed E-state index contributed by atoms with van der Waals surface area (Å²) in [7, 11) is 0. The van der Waals surface area contributed by atoms with E-state index in [9.17, 15) is 0 Å². The molecule has 14 heavy (non-hydrogen) atoms. The van der Waals surface area contributed by atoms with Crippen LogP contribution in [-0.4, -0.2) is 6.10 Å². The van der Waals surface area contributed by atoms with E-state index in [2.05, 4.69) is 31.2 Å². The van der Waals surface area contributed by atoms with Crippen LogP contribution in [0, 0.1) is 0 Å². The zero-order chi connectivity index (χ0) is 10.2. The molecule has 1 aromatic rings. The Bertz CT molecular complexity index is 264. The van der Waals surface area contributed by atoms with Crippen LogP contribution in [0.2, 0.25) is 0 Å². The van der Waals surface area contributed by atoms with E-state index in [0.717, 1.165) is 6.42 Å². The quantitative estimate of drug-likeness (QED) is 0.645. The van der Waals surface area contributed by atoms with Crippen LogP contribution in [0.15, 0.2) is 42.5 Å². The summed E-state index contributed by atoms with van der Waals surface area (Å²) >= 11 is 0. The van der Waals surface area contributed by atoms with Crippen molar-refractivity contribution in [3.05, 3.63) is 48.0 Å². The standard InChI is InChI=1S/C13H18O/c1-3-4-8-12(2)14-11-13-9-6-5-7-10-13/h3-7,9-10,12H,8,11H2,1-2H3/b4-3+. The third-order valence-corrected chi connectivity index (χ3v) is 2.08. The maximum atomic E-state index is 5.68. The molecule has 1 nitrogen and oxygen atoms in total. The first-order valence-corrected chi connectivity index (χ1v) is 5.09. The first-order chi connectivity index (χ1) is 6.83. The zero-order valence-electron chi connectivity index (χ0n) is 8.94. The molecule has 1 rings (SSSR count). The van der Waals surface area contributed by atoms with Crippen molar-refractivity contribution in [2.45, 2.75) is 33.0 Å². The van der Waals surface area contributed by atoms with E-state index in [-0.39, 0.29) is 0 Å². The lowest BCUT2D eigenvalue weighted by molar-refractivity contribution is 0.0552. The van der Waals surface area contributed by atoms with E-state index >= 15 is 0 Å². The van der Waals surface area contributed by atoms with Gasteiger partial charge in [0.25, 0.3) is 0 Å². The summed E-state index contributed by atoms with van der Waals surface area (Å²) in [5, 5.41) is 0. The van der Waals surface area contributed by atoms with E-state index in [1.54, 1.807) is 0 Å². The first kappa shape index (κ1) is 11.0. The minimum atomic E-state index is 0.298. The average molecular weight is 190 g/mol. The SMILES string of the molecule is C/C=C/CC(C)OCc1ccccc1. The highest BCUT2D eigenvalue weighted by molar-refractivity contribution is 5.13. The van der Waals surface area contributed by atoms with Crippen LogP contribution < -0.4 is 0 Å². The predicted octanol–water partition coefficient (Wildman–Crippen LogP) is 3.56. The second kappa shape index (κ2) is 6.39. The molecule has 1 unspecified atom stereocenters. The molecule has 0 aliphatic carbocycles. The highest BCUT2D eigenvalue weighted by atomic mass is 16.5. The Kier molecular flexibility index (Phi) is 5.02. The Balaban J connectivity index is 2.27. The van der Waals surface area contributed by atoms with Crippen molar-refractivity contribution in [2.75, 3.05) is 0 Å². The summed E-state index contributed by atoms with van der Waals surface area (Å²) in [6.07, 6.45) is 5.48. The summed E-state index contributed by atoms with van der Waals surface area (Å²) in [4.78, 5) is 0. The highest BCUT2D eigenvalue weighted by Crippen LogP contribution is 2.05. The van der Waals surface area contributed by atoms with Crippen LogP contribution in [0.1, 0.15) is 25.8 Å². The van der Waals surface area contributed by atoms with Crippen LogP contribution >= 0.6 is 0 Å². The molecule has 1 atom stereocenters. The Morgan fingerprint density at radius 3 is 2.64 bits per heavy atom. The molecule has 0 spiro atoms. The zero-order valence-corrected chi connectivity index (χ0v) is 8.94. The van der Waals surface area contributed by atoms with Gasteiger partial charge in [-0.25, -0.2) is 0 Å². The van der Waals surface area contributed by atoms with E-state index in [4.69, 9.17) is 4.74 Å². The van der Waals surface area contributed by atoms with Gasteiger partial charge >= 0.3 is 0 Å². The minimum absolute atomic E-state index is 0.298. The molecule has 0 saturated heterocycles. The van der Waals surface area contributed by atoms with Crippen molar-refractivity contribution in [1.29, 1.82) is 0 Å². The van der Waals surface area contributed by atoms with Gasteiger partial charge in [0.15, 0.2) is 0 Å². The lowest BCUT2D eigenvalue weighted by Crippen LogP contribution is -2.06. The molecule has 0 heterocycles. The number of allylic oxidation sites excluding steroid dienone is 1. The maximum Gasteiger partial charge on any atom is 0.0720 e. The monoisotopic (exact) mass is 190 g/mol. The number of ether oxygens (including phenoxy) is 1. The summed E-state index contributed by atoms with van der Waals surface area (Å²) in [6, 6.07) is 10.3. The molecular weight excluding hydrogens is 172 g/mol. The third kappa shape index (κ3) is 4.24. The number of rotatable bonds is 5. The number of hydrogen-bond acceptors (Lipinski definition) is 1. The molecule has 1 heteroatoms. The number of hydrogen-bond donors (Lipinski definition) is 0. The molecule has 0 amide bonds. The van der Waals surface area contributed by atoms with Crippen molar-refractivity contribution in [2.24, 2.45) is 0 Å². The third-order valence-electron chi connectivity index (χ3n) is 2.08. The van der Waals surface area contributed by atoms with Gasteiger partial charge in [-0.2, -0.15) is 0 Å². The largest absolute Gasteiger partial charge is 0.374 e. The van der Waals surface area contributed by atoms with Crippen molar-refractivity contribution in [3.8, 4) is 0 Å². The Labute approximate surface area is 86.4 Å². The van der Waals surface area contributed by atoms with Gasteiger partial charge in [0.2, 0.25) is 0 Å². The smallest absolute Gasteiger partial charge is 0.0720 e. The van der Waals surface area contributed by atoms with Gasteiger partial charge in [-0.3, -0.25) is 0 Å². The Morgan fingerprint density at radius 1 is 1.29 bits per heavy atom. The van der Waals surface area contributed by atoms with Crippen LogP contribution in [0.3, 0.4) is 0 Å². The fourth-order valence-electron chi connectivity index (χ4n) is 1.21. The fourth-order valence-corrected chi connectivity index (χ4v) is 1.21. The molecule has 0 bridgehead atoms. The van der Waals surface area contributed by atoms with Crippen molar-refractivity contribution in [1.82, 2.24) is 0 Å². The van der Waals surface area contributed by atoms with Crippen LogP contribution in [-0.2, 0) is 11.3 Å². The molecule has 0 aliphatic heterocycles. The molecule has 0 aromatic heterocycles. The molecule has 0 N–H and O–H groups in total. The van der Waals surface area contributed by atoms with Gasteiger partial charge < -0.3 is 4.74 Å². The Morgan fingerprint density at radius 2 is 2.00 bits per heavy atom. The van der Waals surface area contributed by atoms with Gasteiger partial charge in [-0.15, -0.1) is 0 Å². The first-order valence-electron chi connectivity index (χ1n) is 5.09. The van der Waals surface area contributed by atoms with Gasteiger partial charge in [-0.05, 0) is 25.8 Å². The number of benzene rings is 1. The molecule has 1 aromatic carbocycles. The molecule has 0 fully saturated rings. The molecule has 76 valence electrons. The second-order valence-corrected chi connectivity index (χ2v) is 3.41. The minimum Gasteiger partial charge on any atom is -0.374 e. The van der Waals surface area contributed by atoms with Crippen LogP contribution in [0.5, 0.6) is 0 Å². The molecular formula is C13H18O. The van der Waals surface area contributed by atoms with Gasteiger partial charge in [0.05, 0.1) is 12.7 Å². The van der Waals surface area contributed by atoms with Crippen molar-refractivity contribution >= 4 is 0 Å². The normalized spacial score (nSPS) is 13.3. The van der Waals surface area contributed by atoms with Crippen molar-refractivity contribution < 1.29 is 4.74 Å². The maximum absolute atomic E-state index is 5.68. The summed E-state index contributed by atoms with van der Waals surface area (Å²) in [5.41, 5.74) is 1.24. The lowest BCUT2D eigenvalue weighted by atomic mass is 10.2. The van der Waals surface area contributed by atoms with E-state index in [1.807, 2.05) is 25.1 Å². The van der Waals surface area contributed by atoms with Gasteiger partial charge in [-0.1, -0.05) is 42.5 Å². The van der Waals surface area contributed by atoms with Crippen molar-refractivity contribution in [3.63, 3.8) is 0 Å². The average Bonchev–Trinajstić information content (AvgIpc) is 2.25. The summed E-state index contributed by atoms with van der Waals surface area (Å²) < 4.78 is 5.68. The van der Waals surface area contributed by atoms with Crippen LogP contribution in [0.4, 0.5) is 0 Å². The molecule has 0 radical (unpaired) electrons. The van der Waals surface area contributed by atoms with E-state index in [1.165, 1.54) is 5.56 Å². The summed E-state index contributed by atoms with van der Waals surface area (Å²) in [5.74, 6) is 0. The Hall–Kier alpha value is -1.08. The molecule has 0 saturated carbocycles. The topological polar surface area (TPSA) is 9.23 Å². The van der Waals surface area contributed by atoms with Gasteiger partial charge in [0.1, 0.15) is 0 Å². The van der Waals surface area contributed by atoms with E-state index in [0.29, 0.717) is 12.7 Å². The molecule has 0 aliphatic rings.